The van der Waals surface area contributed by atoms with Crippen LogP contribution in [0.15, 0.2) is 53.1 Å². The highest BCUT2D eigenvalue weighted by molar-refractivity contribution is 5.86. The van der Waals surface area contributed by atoms with Gasteiger partial charge in [-0.15, -0.1) is 0 Å². The van der Waals surface area contributed by atoms with Crippen molar-refractivity contribution >= 4 is 16.9 Å². The Morgan fingerprint density at radius 3 is 2.84 bits per heavy atom. The van der Waals surface area contributed by atoms with E-state index in [-0.39, 0.29) is 24.2 Å². The Morgan fingerprint density at radius 1 is 1.20 bits per heavy atom. The van der Waals surface area contributed by atoms with Crippen LogP contribution in [0.4, 0.5) is 4.39 Å². The summed E-state index contributed by atoms with van der Waals surface area (Å²) >= 11 is 0. The molecule has 25 heavy (non-hydrogen) atoms. The molecule has 5 nitrogen and oxygen atoms in total. The highest BCUT2D eigenvalue weighted by atomic mass is 19.1. The number of nitrogens with zero attached hydrogens (tertiary/aromatic N) is 2. The maximum Gasteiger partial charge on any atom is 0.228 e. The summed E-state index contributed by atoms with van der Waals surface area (Å²) in [4.78, 5) is 14.4. The van der Waals surface area contributed by atoms with Gasteiger partial charge in [-0.3, -0.25) is 4.79 Å². The largest absolute Gasteiger partial charge is 0.370 e. The number of carbonyl (C=O) groups excluding carboxylic acids is 1. The van der Waals surface area contributed by atoms with Gasteiger partial charge in [-0.2, -0.15) is 0 Å². The Bertz CT molecular complexity index is 891. The molecule has 0 N–H and O–H groups in total. The van der Waals surface area contributed by atoms with Crippen LogP contribution in [0.1, 0.15) is 17.4 Å². The van der Waals surface area contributed by atoms with E-state index in [0.717, 1.165) is 10.9 Å². The third-order valence-corrected chi connectivity index (χ3v) is 4.43. The lowest BCUT2D eigenvalue weighted by atomic mass is 10.1. The average Bonchev–Trinajstić information content (AvgIpc) is 3.05. The zero-order valence-corrected chi connectivity index (χ0v) is 13.5. The van der Waals surface area contributed by atoms with Crippen molar-refractivity contribution in [3.05, 3.63) is 65.6 Å². The number of fused-ring (bicyclic) bond motifs is 1. The van der Waals surface area contributed by atoms with Crippen molar-refractivity contribution in [3.8, 4) is 0 Å². The van der Waals surface area contributed by atoms with E-state index in [1.807, 2.05) is 24.3 Å². The van der Waals surface area contributed by atoms with E-state index in [9.17, 15) is 9.18 Å². The zero-order chi connectivity index (χ0) is 17.2. The van der Waals surface area contributed by atoms with Gasteiger partial charge in [-0.05, 0) is 29.8 Å². The molecule has 1 fully saturated rings. The third-order valence-electron chi connectivity index (χ3n) is 4.43. The van der Waals surface area contributed by atoms with Crippen LogP contribution in [0, 0.1) is 5.82 Å². The molecule has 1 amide bonds. The number of halogens is 1. The molecule has 0 spiro atoms. The normalized spacial score (nSPS) is 17.8. The number of amides is 1. The van der Waals surface area contributed by atoms with E-state index in [2.05, 4.69) is 5.16 Å². The number of ether oxygens (including phenoxy) is 1. The molecule has 0 bridgehead atoms. The monoisotopic (exact) mass is 340 g/mol. The fraction of sp³-hybridized carbons (Fsp3) is 0.263. The number of carbonyl (C=O) groups is 1. The number of aromatic nitrogens is 1. The molecule has 0 radical (unpaired) electrons. The van der Waals surface area contributed by atoms with Crippen LogP contribution in [-0.2, 0) is 16.0 Å². The number of hydrogen-bond donors (Lipinski definition) is 0. The van der Waals surface area contributed by atoms with Crippen molar-refractivity contribution in [2.45, 2.75) is 12.5 Å². The minimum atomic E-state index is -0.287. The number of para-hydroxylation sites is 1. The van der Waals surface area contributed by atoms with Crippen LogP contribution in [0.2, 0.25) is 0 Å². The lowest BCUT2D eigenvalue weighted by Gasteiger charge is -2.33. The van der Waals surface area contributed by atoms with E-state index in [1.165, 1.54) is 12.1 Å². The van der Waals surface area contributed by atoms with Crippen LogP contribution in [0.5, 0.6) is 0 Å². The first-order valence-electron chi connectivity index (χ1n) is 8.19. The molecule has 128 valence electrons. The third kappa shape index (κ3) is 3.25. The average molecular weight is 340 g/mol. The Hall–Kier alpha value is -2.73. The standard InChI is InChI=1S/C19H17FN2O3/c20-14-7-5-13(6-8-14)18-12-22(9-10-24-18)19(23)11-16-15-3-1-2-4-17(15)25-21-16/h1-8,18H,9-12H2. The summed E-state index contributed by atoms with van der Waals surface area (Å²) in [7, 11) is 0. The molecule has 6 heteroatoms. The van der Waals surface area contributed by atoms with Crippen LogP contribution >= 0.6 is 0 Å². The minimum absolute atomic E-state index is 0.0190. The SMILES string of the molecule is O=C(Cc1noc2ccccc12)N1CCOC(c2ccc(F)cc2)C1. The van der Waals surface area contributed by atoms with Crippen molar-refractivity contribution < 1.29 is 18.4 Å². The molecule has 0 aliphatic carbocycles. The number of rotatable bonds is 3. The van der Waals surface area contributed by atoms with Gasteiger partial charge < -0.3 is 14.2 Å². The lowest BCUT2D eigenvalue weighted by molar-refractivity contribution is -0.138. The Morgan fingerprint density at radius 2 is 2.00 bits per heavy atom. The zero-order valence-electron chi connectivity index (χ0n) is 13.5. The van der Waals surface area contributed by atoms with Crippen molar-refractivity contribution in [2.75, 3.05) is 19.7 Å². The summed E-state index contributed by atoms with van der Waals surface area (Å²) in [5, 5.41) is 4.88. The van der Waals surface area contributed by atoms with Gasteiger partial charge in [0.05, 0.1) is 19.6 Å². The van der Waals surface area contributed by atoms with Gasteiger partial charge in [0.2, 0.25) is 5.91 Å². The molecule has 1 aliphatic heterocycles. The summed E-state index contributed by atoms with van der Waals surface area (Å²) in [6.45, 7) is 1.43. The van der Waals surface area contributed by atoms with Gasteiger partial charge >= 0.3 is 0 Å². The molecule has 1 unspecified atom stereocenters. The van der Waals surface area contributed by atoms with E-state index < -0.39 is 0 Å². The van der Waals surface area contributed by atoms with E-state index in [0.29, 0.717) is 31.0 Å². The van der Waals surface area contributed by atoms with Gasteiger partial charge in [0.1, 0.15) is 17.6 Å². The van der Waals surface area contributed by atoms with Crippen LogP contribution in [0.3, 0.4) is 0 Å². The highest BCUT2D eigenvalue weighted by Crippen LogP contribution is 2.24. The molecule has 0 saturated carbocycles. The summed E-state index contributed by atoms with van der Waals surface area (Å²) in [6, 6.07) is 13.7. The van der Waals surface area contributed by atoms with Gasteiger partial charge in [-0.25, -0.2) is 4.39 Å². The summed E-state index contributed by atoms with van der Waals surface area (Å²) in [6.07, 6.45) is -0.0555. The summed E-state index contributed by atoms with van der Waals surface area (Å²) in [5.41, 5.74) is 2.19. The molecule has 3 aromatic rings. The Balaban J connectivity index is 1.47. The van der Waals surface area contributed by atoms with Gasteiger partial charge in [0.25, 0.3) is 0 Å². The summed E-state index contributed by atoms with van der Waals surface area (Å²) in [5.74, 6) is -0.306. The molecule has 2 aromatic carbocycles. The number of morpholine rings is 1. The minimum Gasteiger partial charge on any atom is -0.370 e. The molecule has 4 rings (SSSR count). The van der Waals surface area contributed by atoms with Gasteiger partial charge in [-0.1, -0.05) is 29.4 Å². The topological polar surface area (TPSA) is 55.6 Å². The maximum atomic E-state index is 13.1. The van der Waals surface area contributed by atoms with Crippen LogP contribution in [-0.4, -0.2) is 35.7 Å². The molecule has 1 saturated heterocycles. The predicted octanol–water partition coefficient (Wildman–Crippen LogP) is 3.11. The first-order valence-corrected chi connectivity index (χ1v) is 8.19. The lowest BCUT2D eigenvalue weighted by Crippen LogP contribution is -2.43. The van der Waals surface area contributed by atoms with E-state index in [1.54, 1.807) is 17.0 Å². The predicted molar refractivity (Wildman–Crippen MR) is 89.4 cm³/mol. The molecular formula is C19H17FN2O3. The maximum absolute atomic E-state index is 13.1. The van der Waals surface area contributed by atoms with Crippen molar-refractivity contribution in [2.24, 2.45) is 0 Å². The number of hydrogen-bond acceptors (Lipinski definition) is 4. The van der Waals surface area contributed by atoms with Crippen molar-refractivity contribution in [1.82, 2.24) is 10.1 Å². The molecule has 1 aliphatic rings. The van der Waals surface area contributed by atoms with E-state index >= 15 is 0 Å². The van der Waals surface area contributed by atoms with E-state index in [4.69, 9.17) is 9.26 Å². The molecular weight excluding hydrogens is 323 g/mol. The fourth-order valence-corrected chi connectivity index (χ4v) is 3.08. The fourth-order valence-electron chi connectivity index (χ4n) is 3.08. The second kappa shape index (κ2) is 6.64. The molecule has 1 atom stereocenters. The second-order valence-corrected chi connectivity index (χ2v) is 6.05. The first kappa shape index (κ1) is 15.8. The van der Waals surface area contributed by atoms with Crippen molar-refractivity contribution in [1.29, 1.82) is 0 Å². The van der Waals surface area contributed by atoms with Crippen LogP contribution in [0.25, 0.3) is 11.0 Å². The smallest absolute Gasteiger partial charge is 0.228 e. The van der Waals surface area contributed by atoms with Gasteiger partial charge in [0, 0.05) is 11.9 Å². The Kier molecular flexibility index (Phi) is 4.19. The molecule has 1 aromatic heterocycles. The highest BCUT2D eigenvalue weighted by Gasteiger charge is 2.26. The first-order chi connectivity index (χ1) is 12.2. The Labute approximate surface area is 144 Å². The summed E-state index contributed by atoms with van der Waals surface area (Å²) < 4.78 is 24.1. The van der Waals surface area contributed by atoms with Crippen molar-refractivity contribution in [3.63, 3.8) is 0 Å². The van der Waals surface area contributed by atoms with Gasteiger partial charge in [0.15, 0.2) is 5.58 Å². The molecule has 2 heterocycles. The second-order valence-electron chi connectivity index (χ2n) is 6.05. The quantitative estimate of drug-likeness (QED) is 0.735. The number of benzene rings is 2. The van der Waals surface area contributed by atoms with Crippen LogP contribution < -0.4 is 0 Å².